The van der Waals surface area contributed by atoms with Gasteiger partial charge in [0.05, 0.1) is 6.54 Å². The molecule has 0 saturated carbocycles. The van der Waals surface area contributed by atoms with E-state index >= 15 is 0 Å². The molecule has 2 unspecified atom stereocenters. The van der Waals surface area contributed by atoms with Gasteiger partial charge >= 0.3 is 0 Å². The maximum atomic E-state index is 5.91. The van der Waals surface area contributed by atoms with Gasteiger partial charge in [-0.3, -0.25) is 4.90 Å². The summed E-state index contributed by atoms with van der Waals surface area (Å²) in [6.45, 7) is 5.14. The molecule has 17 heavy (non-hydrogen) atoms. The molecule has 1 aromatic heterocycles. The van der Waals surface area contributed by atoms with Crippen molar-refractivity contribution in [3.63, 3.8) is 0 Å². The van der Waals surface area contributed by atoms with Crippen molar-refractivity contribution in [3.05, 3.63) is 18.2 Å². The predicted octanol–water partition coefficient (Wildman–Crippen LogP) is 1.37. The van der Waals surface area contributed by atoms with Crippen LogP contribution in [0.5, 0.6) is 0 Å². The molecule has 1 fully saturated rings. The molecule has 0 aromatic carbocycles. The molecule has 4 nitrogen and oxygen atoms in total. The van der Waals surface area contributed by atoms with Crippen LogP contribution in [0.1, 0.15) is 32.0 Å². The summed E-state index contributed by atoms with van der Waals surface area (Å²) in [6.07, 6.45) is 7.71. The zero-order valence-corrected chi connectivity index (χ0v) is 11.0. The van der Waals surface area contributed by atoms with Gasteiger partial charge in [-0.1, -0.05) is 13.3 Å². The van der Waals surface area contributed by atoms with Crippen molar-refractivity contribution in [1.82, 2.24) is 14.5 Å². The van der Waals surface area contributed by atoms with Gasteiger partial charge in [0, 0.05) is 32.0 Å². The van der Waals surface area contributed by atoms with Crippen LogP contribution in [-0.4, -0.2) is 33.6 Å². The van der Waals surface area contributed by atoms with Crippen LogP contribution in [0.3, 0.4) is 0 Å². The maximum absolute atomic E-state index is 5.91. The van der Waals surface area contributed by atoms with Crippen molar-refractivity contribution in [3.8, 4) is 0 Å². The zero-order valence-electron chi connectivity index (χ0n) is 11.0. The van der Waals surface area contributed by atoms with Gasteiger partial charge in [-0.25, -0.2) is 4.98 Å². The average molecular weight is 236 g/mol. The van der Waals surface area contributed by atoms with Crippen LogP contribution >= 0.6 is 0 Å². The van der Waals surface area contributed by atoms with Gasteiger partial charge in [-0.2, -0.15) is 0 Å². The number of aryl methyl sites for hydroxylation is 1. The lowest BCUT2D eigenvalue weighted by molar-refractivity contribution is 0.104. The van der Waals surface area contributed by atoms with Crippen LogP contribution < -0.4 is 5.73 Å². The second kappa shape index (κ2) is 5.65. The summed E-state index contributed by atoms with van der Waals surface area (Å²) in [5.74, 6) is 2.00. The smallest absolute Gasteiger partial charge is 0.122 e. The van der Waals surface area contributed by atoms with Crippen LogP contribution in [-0.2, 0) is 13.6 Å². The highest BCUT2D eigenvalue weighted by Gasteiger charge is 2.27. The van der Waals surface area contributed by atoms with E-state index in [1.165, 1.54) is 19.3 Å². The van der Waals surface area contributed by atoms with Crippen molar-refractivity contribution in [2.75, 3.05) is 13.1 Å². The van der Waals surface area contributed by atoms with E-state index in [-0.39, 0.29) is 0 Å². The molecule has 1 aliphatic rings. The molecule has 0 amide bonds. The minimum Gasteiger partial charge on any atom is -0.337 e. The van der Waals surface area contributed by atoms with Crippen molar-refractivity contribution in [2.45, 2.75) is 38.8 Å². The quantitative estimate of drug-likeness (QED) is 0.859. The van der Waals surface area contributed by atoms with Crippen molar-refractivity contribution in [2.24, 2.45) is 18.7 Å². The molecule has 0 spiro atoms. The number of aromatic nitrogens is 2. The standard InChI is InChI=1S/C13H24N4/c1-3-11-4-6-17(12(8-11)9-14)10-13-15-5-7-16(13)2/h5,7,11-12H,3-4,6,8-10,14H2,1-2H3. The highest BCUT2D eigenvalue weighted by molar-refractivity contribution is 4.93. The van der Waals surface area contributed by atoms with E-state index in [1.807, 2.05) is 12.4 Å². The summed E-state index contributed by atoms with van der Waals surface area (Å²) in [5, 5.41) is 0. The fourth-order valence-corrected chi connectivity index (χ4v) is 2.74. The van der Waals surface area contributed by atoms with E-state index in [9.17, 15) is 0 Å². The SMILES string of the molecule is CCC1CCN(Cc2nccn2C)C(CN)C1. The molecule has 4 heteroatoms. The fourth-order valence-electron chi connectivity index (χ4n) is 2.74. The predicted molar refractivity (Wildman–Crippen MR) is 69.5 cm³/mol. The third-order valence-corrected chi connectivity index (χ3v) is 4.06. The average Bonchev–Trinajstić information content (AvgIpc) is 2.75. The first-order chi connectivity index (χ1) is 8.24. The third-order valence-electron chi connectivity index (χ3n) is 4.06. The second-order valence-electron chi connectivity index (χ2n) is 5.11. The lowest BCUT2D eigenvalue weighted by atomic mass is 9.89. The number of nitrogens with two attached hydrogens (primary N) is 1. The van der Waals surface area contributed by atoms with Crippen molar-refractivity contribution in [1.29, 1.82) is 0 Å². The Hall–Kier alpha value is -0.870. The Bertz CT molecular complexity index is 347. The minimum atomic E-state index is 0.533. The summed E-state index contributed by atoms with van der Waals surface area (Å²) in [4.78, 5) is 6.89. The Morgan fingerprint density at radius 3 is 2.94 bits per heavy atom. The van der Waals surface area contributed by atoms with Crippen LogP contribution in [0.4, 0.5) is 0 Å². The molecule has 1 aromatic rings. The van der Waals surface area contributed by atoms with E-state index in [2.05, 4.69) is 28.4 Å². The summed E-state index contributed by atoms with van der Waals surface area (Å²) in [5.41, 5.74) is 5.91. The van der Waals surface area contributed by atoms with Crippen LogP contribution in [0, 0.1) is 5.92 Å². The summed E-state index contributed by atoms with van der Waals surface area (Å²) in [7, 11) is 2.05. The van der Waals surface area contributed by atoms with Crippen LogP contribution in [0.25, 0.3) is 0 Å². The molecule has 0 aliphatic carbocycles. The van der Waals surface area contributed by atoms with Crippen molar-refractivity contribution < 1.29 is 0 Å². The molecular weight excluding hydrogens is 212 g/mol. The van der Waals surface area contributed by atoms with Gasteiger partial charge in [-0.05, 0) is 25.3 Å². The molecule has 0 radical (unpaired) electrons. The monoisotopic (exact) mass is 236 g/mol. The first kappa shape index (κ1) is 12.6. The van der Waals surface area contributed by atoms with E-state index in [1.54, 1.807) is 0 Å². The van der Waals surface area contributed by atoms with Gasteiger partial charge in [0.1, 0.15) is 5.82 Å². The van der Waals surface area contributed by atoms with Crippen LogP contribution in [0.2, 0.25) is 0 Å². The van der Waals surface area contributed by atoms with E-state index < -0.39 is 0 Å². The molecule has 1 saturated heterocycles. The first-order valence-corrected chi connectivity index (χ1v) is 6.64. The van der Waals surface area contributed by atoms with Gasteiger partial charge in [0.2, 0.25) is 0 Å². The minimum absolute atomic E-state index is 0.533. The highest BCUT2D eigenvalue weighted by Crippen LogP contribution is 2.25. The zero-order chi connectivity index (χ0) is 12.3. The number of rotatable bonds is 4. The lowest BCUT2D eigenvalue weighted by Crippen LogP contribution is -2.46. The van der Waals surface area contributed by atoms with Gasteiger partial charge < -0.3 is 10.3 Å². The van der Waals surface area contributed by atoms with Crippen molar-refractivity contribution >= 4 is 0 Å². The summed E-state index contributed by atoms with van der Waals surface area (Å²) >= 11 is 0. The number of piperidine rings is 1. The maximum Gasteiger partial charge on any atom is 0.122 e. The van der Waals surface area contributed by atoms with E-state index in [0.29, 0.717) is 6.04 Å². The fraction of sp³-hybridized carbons (Fsp3) is 0.769. The molecular formula is C13H24N4. The number of hydrogen-bond acceptors (Lipinski definition) is 3. The largest absolute Gasteiger partial charge is 0.337 e. The molecule has 0 bridgehead atoms. The van der Waals surface area contributed by atoms with Gasteiger partial charge in [0.15, 0.2) is 0 Å². The lowest BCUT2D eigenvalue weighted by Gasteiger charge is -2.38. The second-order valence-corrected chi connectivity index (χ2v) is 5.11. The van der Waals surface area contributed by atoms with Gasteiger partial charge in [-0.15, -0.1) is 0 Å². The summed E-state index contributed by atoms with van der Waals surface area (Å²) in [6, 6.07) is 0.533. The molecule has 2 atom stereocenters. The molecule has 2 heterocycles. The molecule has 2 N–H and O–H groups in total. The normalized spacial score (nSPS) is 26.3. The van der Waals surface area contributed by atoms with Crippen LogP contribution in [0.15, 0.2) is 12.4 Å². The number of imidazole rings is 1. The molecule has 1 aliphatic heterocycles. The topological polar surface area (TPSA) is 47.1 Å². The van der Waals surface area contributed by atoms with E-state index in [4.69, 9.17) is 5.73 Å². The Morgan fingerprint density at radius 1 is 1.53 bits per heavy atom. The number of likely N-dealkylation sites (tertiary alicyclic amines) is 1. The Balaban J connectivity index is 1.98. The Morgan fingerprint density at radius 2 is 2.35 bits per heavy atom. The number of hydrogen-bond donors (Lipinski definition) is 1. The Labute approximate surface area is 104 Å². The summed E-state index contributed by atoms with van der Waals surface area (Å²) < 4.78 is 2.10. The van der Waals surface area contributed by atoms with E-state index in [0.717, 1.165) is 31.4 Å². The molecule has 2 rings (SSSR count). The number of nitrogens with zero attached hydrogens (tertiary/aromatic N) is 3. The van der Waals surface area contributed by atoms with Gasteiger partial charge in [0.25, 0.3) is 0 Å². The third kappa shape index (κ3) is 2.87. The highest BCUT2D eigenvalue weighted by atomic mass is 15.2. The molecule has 96 valence electrons. The first-order valence-electron chi connectivity index (χ1n) is 6.64. The Kier molecular flexibility index (Phi) is 4.18.